The molecule has 3 aliphatic rings. The van der Waals surface area contributed by atoms with Crippen LogP contribution < -0.4 is 5.32 Å². The maximum absolute atomic E-state index is 12.6. The van der Waals surface area contributed by atoms with Crippen LogP contribution in [0.1, 0.15) is 31.7 Å². The van der Waals surface area contributed by atoms with Crippen molar-refractivity contribution in [2.75, 3.05) is 45.6 Å². The van der Waals surface area contributed by atoms with Crippen molar-refractivity contribution in [1.29, 1.82) is 0 Å². The zero-order valence-electron chi connectivity index (χ0n) is 15.9. The fraction of sp³-hybridized carbons (Fsp3) is 0.765. The highest BCUT2D eigenvalue weighted by Crippen LogP contribution is 2.30. The largest absolute Gasteiger partial charge is 0.354 e. The van der Waals surface area contributed by atoms with Crippen molar-refractivity contribution in [2.24, 2.45) is 5.92 Å². The first-order valence-electron chi connectivity index (χ1n) is 9.36. The Bertz CT molecular complexity index is 694. The molecule has 146 valence electrons. The molecule has 1 N–H and O–H groups in total. The second kappa shape index (κ2) is 8.16. The highest BCUT2D eigenvalue weighted by Gasteiger charge is 2.39. The number of piperidine rings is 1. The Morgan fingerprint density at radius 1 is 1.19 bits per heavy atom. The minimum Gasteiger partial charge on any atom is -0.354 e. The third-order valence-electron chi connectivity index (χ3n) is 5.21. The minimum atomic E-state index is -3.35. The molecule has 1 aromatic heterocycles. The number of nitrogens with zero attached hydrogens (tertiary/aromatic N) is 5. The Morgan fingerprint density at radius 2 is 1.92 bits per heavy atom. The Labute approximate surface area is 156 Å². The molecule has 0 unspecified atom stereocenters. The van der Waals surface area contributed by atoms with E-state index in [1.165, 1.54) is 4.31 Å². The first-order valence-corrected chi connectivity index (χ1v) is 10.8. The Morgan fingerprint density at radius 3 is 2.58 bits per heavy atom. The molecular weight excluding hydrogens is 352 g/mol. The molecule has 0 aliphatic carbocycles. The fourth-order valence-corrected chi connectivity index (χ4v) is 4.97. The lowest BCUT2D eigenvalue weighted by molar-refractivity contribution is 0.125. The van der Waals surface area contributed by atoms with E-state index in [2.05, 4.69) is 27.1 Å². The third-order valence-corrected chi connectivity index (χ3v) is 7.08. The highest BCUT2D eigenvalue weighted by atomic mass is 32.2. The number of anilines is 1. The zero-order chi connectivity index (χ0) is 18.7. The van der Waals surface area contributed by atoms with E-state index in [1.807, 2.05) is 12.4 Å². The summed E-state index contributed by atoms with van der Waals surface area (Å²) in [4.78, 5) is 11.2. The van der Waals surface area contributed by atoms with Crippen LogP contribution in [0.4, 0.5) is 5.95 Å². The number of hydrogen-bond acceptors (Lipinski definition) is 6. The van der Waals surface area contributed by atoms with Gasteiger partial charge in [-0.05, 0) is 25.2 Å². The lowest BCUT2D eigenvalue weighted by Gasteiger charge is -2.36. The van der Waals surface area contributed by atoms with Gasteiger partial charge in [0.2, 0.25) is 5.95 Å². The van der Waals surface area contributed by atoms with Crippen molar-refractivity contribution < 1.29 is 8.42 Å². The van der Waals surface area contributed by atoms with Crippen molar-refractivity contribution in [2.45, 2.75) is 38.8 Å². The molecule has 4 heterocycles. The summed E-state index contributed by atoms with van der Waals surface area (Å²) in [6, 6.07) is 0.251. The van der Waals surface area contributed by atoms with Gasteiger partial charge >= 0.3 is 0 Å². The van der Waals surface area contributed by atoms with Crippen LogP contribution in [0, 0.1) is 5.92 Å². The van der Waals surface area contributed by atoms with E-state index in [4.69, 9.17) is 0 Å². The summed E-state index contributed by atoms with van der Waals surface area (Å²) in [5, 5.41) is 3.18. The molecule has 3 aliphatic heterocycles. The SMILES string of the molecule is CCCNc1ncc(CN2C[C@@H]3CC[C@H]2CN(S(=O)(=O)N(C)C)C3)cn1. The molecular formula is C17H30N6O2S. The van der Waals surface area contributed by atoms with Gasteiger partial charge in [0.1, 0.15) is 0 Å². The molecule has 1 aromatic rings. The molecule has 2 bridgehead atoms. The predicted octanol–water partition coefficient (Wildman–Crippen LogP) is 1.00. The maximum Gasteiger partial charge on any atom is 0.281 e. The van der Waals surface area contributed by atoms with Crippen LogP contribution in [0.3, 0.4) is 0 Å². The summed E-state index contributed by atoms with van der Waals surface area (Å²) in [6.45, 7) is 5.85. The molecule has 3 saturated heterocycles. The first-order chi connectivity index (χ1) is 12.4. The average Bonchev–Trinajstić information content (AvgIpc) is 2.93. The van der Waals surface area contributed by atoms with Crippen LogP contribution in [0.2, 0.25) is 0 Å². The van der Waals surface area contributed by atoms with Gasteiger partial charge in [0.15, 0.2) is 0 Å². The molecule has 9 heteroatoms. The maximum atomic E-state index is 12.6. The van der Waals surface area contributed by atoms with Gasteiger partial charge in [-0.2, -0.15) is 17.0 Å². The second-order valence-electron chi connectivity index (χ2n) is 7.48. The van der Waals surface area contributed by atoms with Crippen LogP contribution >= 0.6 is 0 Å². The monoisotopic (exact) mass is 382 g/mol. The van der Waals surface area contributed by atoms with E-state index < -0.39 is 10.2 Å². The van der Waals surface area contributed by atoms with E-state index in [0.29, 0.717) is 25.0 Å². The van der Waals surface area contributed by atoms with Crippen molar-refractivity contribution in [1.82, 2.24) is 23.5 Å². The van der Waals surface area contributed by atoms with Crippen LogP contribution in [0.5, 0.6) is 0 Å². The first kappa shape index (κ1) is 19.5. The standard InChI is InChI=1S/C17H30N6O2S/c1-4-7-18-17-19-8-15(9-20-17)11-22-10-14-5-6-16(22)13-23(12-14)26(24,25)21(2)3/h8-9,14,16H,4-7,10-13H2,1-3H3,(H,18,19,20)/t14-,16-/m0/s1. The van der Waals surface area contributed by atoms with Crippen molar-refractivity contribution >= 4 is 16.2 Å². The molecule has 0 spiro atoms. The van der Waals surface area contributed by atoms with Crippen LogP contribution in [-0.2, 0) is 16.8 Å². The van der Waals surface area contributed by atoms with Gasteiger partial charge in [-0.25, -0.2) is 9.97 Å². The van der Waals surface area contributed by atoms with Crippen LogP contribution in [0.15, 0.2) is 12.4 Å². The lowest BCUT2D eigenvalue weighted by Crippen LogP contribution is -2.45. The van der Waals surface area contributed by atoms with E-state index in [0.717, 1.165) is 44.5 Å². The van der Waals surface area contributed by atoms with Gasteiger partial charge < -0.3 is 5.32 Å². The van der Waals surface area contributed by atoms with E-state index >= 15 is 0 Å². The van der Waals surface area contributed by atoms with E-state index in [-0.39, 0.29) is 6.04 Å². The second-order valence-corrected chi connectivity index (χ2v) is 9.62. The minimum absolute atomic E-state index is 0.251. The molecule has 4 rings (SSSR count). The number of nitrogens with one attached hydrogen (secondary N) is 1. The summed E-state index contributed by atoms with van der Waals surface area (Å²) < 4.78 is 28.1. The lowest BCUT2D eigenvalue weighted by atomic mass is 9.95. The number of fused-ring (bicyclic) bond motifs is 4. The molecule has 3 fully saturated rings. The summed E-state index contributed by atoms with van der Waals surface area (Å²) in [6.07, 6.45) is 6.92. The summed E-state index contributed by atoms with van der Waals surface area (Å²) in [5.74, 6) is 1.05. The van der Waals surface area contributed by atoms with Gasteiger partial charge in [0, 0.05) is 70.8 Å². The van der Waals surface area contributed by atoms with Gasteiger partial charge in [0.25, 0.3) is 10.2 Å². The predicted molar refractivity (Wildman–Crippen MR) is 102 cm³/mol. The average molecular weight is 383 g/mol. The van der Waals surface area contributed by atoms with Gasteiger partial charge in [-0.15, -0.1) is 0 Å². The van der Waals surface area contributed by atoms with Crippen molar-refractivity contribution in [3.8, 4) is 0 Å². The Kier molecular flexibility index (Phi) is 6.11. The summed E-state index contributed by atoms with van der Waals surface area (Å²) in [7, 11) is -0.148. The van der Waals surface area contributed by atoms with Crippen LogP contribution in [-0.4, -0.2) is 78.2 Å². The molecule has 26 heavy (non-hydrogen) atoms. The molecule has 0 saturated carbocycles. The summed E-state index contributed by atoms with van der Waals surface area (Å²) in [5.41, 5.74) is 1.07. The zero-order valence-corrected chi connectivity index (χ0v) is 16.7. The Balaban J connectivity index is 1.67. The highest BCUT2D eigenvalue weighted by molar-refractivity contribution is 7.86. The summed E-state index contributed by atoms with van der Waals surface area (Å²) >= 11 is 0. The molecule has 8 nitrogen and oxygen atoms in total. The number of aromatic nitrogens is 2. The van der Waals surface area contributed by atoms with Crippen LogP contribution in [0.25, 0.3) is 0 Å². The van der Waals surface area contributed by atoms with Crippen molar-refractivity contribution in [3.63, 3.8) is 0 Å². The molecule has 0 amide bonds. The topological polar surface area (TPSA) is 81.7 Å². The van der Waals surface area contributed by atoms with Gasteiger partial charge in [-0.1, -0.05) is 6.92 Å². The van der Waals surface area contributed by atoms with Gasteiger partial charge in [0.05, 0.1) is 0 Å². The third kappa shape index (κ3) is 4.33. The van der Waals surface area contributed by atoms with Crippen molar-refractivity contribution in [3.05, 3.63) is 18.0 Å². The van der Waals surface area contributed by atoms with Gasteiger partial charge in [-0.3, -0.25) is 4.90 Å². The molecule has 0 radical (unpaired) electrons. The number of hydrogen-bond donors (Lipinski definition) is 1. The molecule has 0 aromatic carbocycles. The smallest absolute Gasteiger partial charge is 0.281 e. The Hall–Kier alpha value is -1.29. The van der Waals surface area contributed by atoms with E-state index in [1.54, 1.807) is 18.4 Å². The quantitative estimate of drug-likeness (QED) is 0.758. The van der Waals surface area contributed by atoms with E-state index in [9.17, 15) is 8.42 Å². The molecule has 2 atom stereocenters. The number of rotatable bonds is 7. The normalized spacial score (nSPS) is 24.8. The fourth-order valence-electron chi connectivity index (χ4n) is 3.75.